The van der Waals surface area contributed by atoms with E-state index in [1.54, 1.807) is 24.3 Å². The number of halogens is 1. The van der Waals surface area contributed by atoms with E-state index in [2.05, 4.69) is 4.98 Å². The van der Waals surface area contributed by atoms with Crippen LogP contribution in [-0.2, 0) is 0 Å². The Kier molecular flexibility index (Phi) is 3.08. The van der Waals surface area contributed by atoms with Gasteiger partial charge in [0.15, 0.2) is 0 Å². The van der Waals surface area contributed by atoms with E-state index < -0.39 is 11.9 Å². The minimum absolute atomic E-state index is 0.0839. The van der Waals surface area contributed by atoms with Crippen LogP contribution in [0.2, 0.25) is 5.02 Å². The molecule has 0 saturated heterocycles. The first kappa shape index (κ1) is 12.2. The van der Waals surface area contributed by atoms with Gasteiger partial charge >= 0.3 is 11.9 Å². The number of hydrogen-bond acceptors (Lipinski definition) is 2. The minimum atomic E-state index is -1.24. The molecule has 0 amide bonds. The third kappa shape index (κ3) is 1.96. The topological polar surface area (TPSA) is 90.4 Å². The molecule has 1 aromatic carbocycles. The van der Waals surface area contributed by atoms with E-state index in [1.807, 2.05) is 0 Å². The van der Waals surface area contributed by atoms with Gasteiger partial charge in [0.1, 0.15) is 5.69 Å². The Morgan fingerprint density at radius 3 is 2.33 bits per heavy atom. The van der Waals surface area contributed by atoms with E-state index >= 15 is 0 Å². The second-order valence-corrected chi connectivity index (χ2v) is 3.95. The van der Waals surface area contributed by atoms with Crippen molar-refractivity contribution in [2.45, 2.75) is 0 Å². The molecule has 0 fully saturated rings. The number of carboxylic acids is 2. The number of carboxylic acid groups (broad SMARTS) is 2. The Labute approximate surface area is 107 Å². The highest BCUT2D eigenvalue weighted by Crippen LogP contribution is 2.33. The first-order valence-corrected chi connectivity index (χ1v) is 5.33. The zero-order valence-corrected chi connectivity index (χ0v) is 9.73. The molecule has 0 saturated carbocycles. The van der Waals surface area contributed by atoms with Gasteiger partial charge in [0.05, 0.1) is 5.56 Å². The molecule has 0 aliphatic carbocycles. The van der Waals surface area contributed by atoms with Crippen LogP contribution in [-0.4, -0.2) is 27.1 Å². The fourth-order valence-corrected chi connectivity index (χ4v) is 1.93. The maximum atomic E-state index is 11.1. The van der Waals surface area contributed by atoms with Gasteiger partial charge in [-0.25, -0.2) is 9.59 Å². The predicted octanol–water partition coefficient (Wildman–Crippen LogP) is 2.73. The SMILES string of the molecule is O=C(O)c1c[nH]c(C(=O)O)c1-c1ccccc1Cl. The highest BCUT2D eigenvalue weighted by atomic mass is 35.5. The third-order valence-electron chi connectivity index (χ3n) is 2.47. The first-order valence-electron chi connectivity index (χ1n) is 4.95. The van der Waals surface area contributed by atoms with Crippen molar-refractivity contribution in [2.24, 2.45) is 0 Å². The number of aromatic nitrogens is 1. The van der Waals surface area contributed by atoms with Crippen LogP contribution in [0.25, 0.3) is 11.1 Å². The molecule has 2 aromatic rings. The van der Waals surface area contributed by atoms with Gasteiger partial charge in [-0.05, 0) is 6.07 Å². The van der Waals surface area contributed by atoms with Crippen LogP contribution in [0.3, 0.4) is 0 Å². The van der Waals surface area contributed by atoms with Crippen LogP contribution in [0, 0.1) is 0 Å². The van der Waals surface area contributed by atoms with Crippen LogP contribution in [0.4, 0.5) is 0 Å². The Morgan fingerprint density at radius 1 is 1.11 bits per heavy atom. The molecule has 5 nitrogen and oxygen atoms in total. The molecule has 1 aromatic heterocycles. The van der Waals surface area contributed by atoms with Crippen molar-refractivity contribution in [2.75, 3.05) is 0 Å². The summed E-state index contributed by atoms with van der Waals surface area (Å²) >= 11 is 5.97. The maximum absolute atomic E-state index is 11.1. The van der Waals surface area contributed by atoms with Gasteiger partial charge in [0.2, 0.25) is 0 Å². The third-order valence-corrected chi connectivity index (χ3v) is 2.80. The molecular formula is C12H8ClNO4. The van der Waals surface area contributed by atoms with Gasteiger partial charge in [-0.1, -0.05) is 29.8 Å². The van der Waals surface area contributed by atoms with Crippen molar-refractivity contribution >= 4 is 23.5 Å². The quantitative estimate of drug-likeness (QED) is 0.796. The average molecular weight is 266 g/mol. The van der Waals surface area contributed by atoms with Gasteiger partial charge in [0.25, 0.3) is 0 Å². The van der Waals surface area contributed by atoms with E-state index in [4.69, 9.17) is 21.8 Å². The zero-order valence-electron chi connectivity index (χ0n) is 8.98. The Morgan fingerprint density at radius 2 is 1.78 bits per heavy atom. The lowest BCUT2D eigenvalue weighted by Gasteiger charge is -2.05. The summed E-state index contributed by atoms with van der Waals surface area (Å²) in [5.74, 6) is -2.45. The number of rotatable bonds is 3. The molecule has 2 rings (SSSR count). The molecule has 6 heteroatoms. The summed E-state index contributed by atoms with van der Waals surface area (Å²) in [6.45, 7) is 0. The molecule has 18 heavy (non-hydrogen) atoms. The number of nitrogens with one attached hydrogen (secondary N) is 1. The average Bonchev–Trinajstić information content (AvgIpc) is 2.74. The van der Waals surface area contributed by atoms with Crippen LogP contribution >= 0.6 is 11.6 Å². The van der Waals surface area contributed by atoms with Gasteiger partial charge < -0.3 is 15.2 Å². The van der Waals surface area contributed by atoms with Crippen molar-refractivity contribution in [1.82, 2.24) is 4.98 Å². The predicted molar refractivity (Wildman–Crippen MR) is 65.2 cm³/mol. The highest BCUT2D eigenvalue weighted by Gasteiger charge is 2.23. The van der Waals surface area contributed by atoms with Crippen molar-refractivity contribution < 1.29 is 19.8 Å². The fourth-order valence-electron chi connectivity index (χ4n) is 1.70. The number of aromatic carboxylic acids is 2. The monoisotopic (exact) mass is 265 g/mol. The molecule has 0 bridgehead atoms. The molecule has 0 aliphatic rings. The molecule has 1 heterocycles. The number of hydrogen-bond donors (Lipinski definition) is 3. The van der Waals surface area contributed by atoms with Crippen molar-refractivity contribution in [3.63, 3.8) is 0 Å². The van der Waals surface area contributed by atoms with Crippen LogP contribution in [0.15, 0.2) is 30.5 Å². The summed E-state index contributed by atoms with van der Waals surface area (Å²) in [6.07, 6.45) is 1.14. The summed E-state index contributed by atoms with van der Waals surface area (Å²) in [5.41, 5.74) is 0.136. The van der Waals surface area contributed by atoms with Crippen molar-refractivity contribution in [3.8, 4) is 11.1 Å². The van der Waals surface area contributed by atoms with Crippen molar-refractivity contribution in [1.29, 1.82) is 0 Å². The summed E-state index contributed by atoms with van der Waals surface area (Å²) in [4.78, 5) is 24.6. The van der Waals surface area contributed by atoms with E-state index in [1.165, 1.54) is 0 Å². The lowest BCUT2D eigenvalue weighted by Crippen LogP contribution is -2.02. The van der Waals surface area contributed by atoms with E-state index in [9.17, 15) is 9.59 Å². The minimum Gasteiger partial charge on any atom is -0.478 e. The van der Waals surface area contributed by atoms with Gasteiger partial charge in [-0.3, -0.25) is 0 Å². The molecule has 0 unspecified atom stereocenters. The zero-order chi connectivity index (χ0) is 13.3. The van der Waals surface area contributed by atoms with Crippen LogP contribution in [0.1, 0.15) is 20.8 Å². The number of aromatic amines is 1. The molecule has 0 spiro atoms. The van der Waals surface area contributed by atoms with E-state index in [-0.39, 0.29) is 16.8 Å². The first-order chi connectivity index (χ1) is 8.52. The van der Waals surface area contributed by atoms with Gasteiger partial charge in [-0.15, -0.1) is 0 Å². The summed E-state index contributed by atoms with van der Waals surface area (Å²) < 4.78 is 0. The second-order valence-electron chi connectivity index (χ2n) is 3.54. The Hall–Kier alpha value is -2.27. The largest absolute Gasteiger partial charge is 0.478 e. The smallest absolute Gasteiger partial charge is 0.352 e. The maximum Gasteiger partial charge on any atom is 0.352 e. The fraction of sp³-hybridized carbons (Fsp3) is 0. The number of benzene rings is 1. The molecule has 0 atom stereocenters. The van der Waals surface area contributed by atoms with Crippen LogP contribution in [0.5, 0.6) is 0 Å². The summed E-state index contributed by atoms with van der Waals surface area (Å²) in [6, 6.07) is 6.48. The van der Waals surface area contributed by atoms with Crippen LogP contribution < -0.4 is 0 Å². The Balaban J connectivity index is 2.76. The molecular weight excluding hydrogens is 258 g/mol. The second kappa shape index (κ2) is 4.54. The van der Waals surface area contributed by atoms with E-state index in [0.29, 0.717) is 10.6 Å². The lowest BCUT2D eigenvalue weighted by atomic mass is 10.0. The molecule has 92 valence electrons. The normalized spacial score (nSPS) is 10.3. The number of carbonyl (C=O) groups is 2. The highest BCUT2D eigenvalue weighted by molar-refractivity contribution is 6.33. The van der Waals surface area contributed by atoms with E-state index in [0.717, 1.165) is 6.20 Å². The molecule has 3 N–H and O–H groups in total. The van der Waals surface area contributed by atoms with Gasteiger partial charge in [0, 0.05) is 22.3 Å². The summed E-state index contributed by atoms with van der Waals surface area (Å²) in [5, 5.41) is 18.4. The molecule has 0 aliphatic heterocycles. The van der Waals surface area contributed by atoms with Crippen molar-refractivity contribution in [3.05, 3.63) is 46.7 Å². The lowest BCUT2D eigenvalue weighted by molar-refractivity contribution is 0.0688. The number of H-pyrrole nitrogens is 1. The summed E-state index contributed by atoms with van der Waals surface area (Å²) in [7, 11) is 0. The standard InChI is InChI=1S/C12H8ClNO4/c13-8-4-2-1-3-6(8)9-7(11(15)16)5-14-10(9)12(17)18/h1-5,14H,(H,15,16)(H,17,18). The molecule has 0 radical (unpaired) electrons. The van der Waals surface area contributed by atoms with Gasteiger partial charge in [-0.2, -0.15) is 0 Å². The Bertz CT molecular complexity index is 601.